The second-order valence-corrected chi connectivity index (χ2v) is 11.7. The van der Waals surface area contributed by atoms with Crippen molar-refractivity contribution in [2.45, 2.75) is 40.7 Å². The molecule has 0 fully saturated rings. The van der Waals surface area contributed by atoms with Crippen LogP contribution in [0.4, 0.5) is 4.39 Å². The van der Waals surface area contributed by atoms with Crippen molar-refractivity contribution in [1.82, 2.24) is 9.71 Å². The maximum absolute atomic E-state index is 13.3. The third-order valence-electron chi connectivity index (χ3n) is 5.66. The van der Waals surface area contributed by atoms with Crippen molar-refractivity contribution in [2.24, 2.45) is 0 Å². The van der Waals surface area contributed by atoms with Crippen LogP contribution in [-0.4, -0.2) is 28.4 Å². The minimum absolute atomic E-state index is 0.0965. The van der Waals surface area contributed by atoms with Crippen molar-refractivity contribution < 1.29 is 21.2 Å². The molecule has 0 bridgehead atoms. The zero-order valence-corrected chi connectivity index (χ0v) is 18.9. The number of sulfone groups is 1. The van der Waals surface area contributed by atoms with Gasteiger partial charge in [-0.3, -0.25) is 4.98 Å². The zero-order chi connectivity index (χ0) is 22.8. The van der Waals surface area contributed by atoms with E-state index >= 15 is 0 Å². The molecule has 0 saturated carbocycles. The largest absolute Gasteiger partial charge is 0.264 e. The molecule has 1 aliphatic carbocycles. The molecule has 9 heteroatoms. The van der Waals surface area contributed by atoms with Crippen molar-refractivity contribution in [2.75, 3.05) is 6.54 Å². The van der Waals surface area contributed by atoms with Crippen LogP contribution in [0.1, 0.15) is 34.8 Å². The fraction of sp³-hybridized carbons (Fsp3) is 0.261. The Balaban J connectivity index is 1.64. The van der Waals surface area contributed by atoms with Crippen LogP contribution in [0.15, 0.2) is 76.8 Å². The van der Waals surface area contributed by atoms with Gasteiger partial charge in [0.2, 0.25) is 10.0 Å². The summed E-state index contributed by atoms with van der Waals surface area (Å²) >= 11 is 0. The normalized spacial score (nSPS) is 15.2. The molecule has 6 nitrogen and oxygen atoms in total. The summed E-state index contributed by atoms with van der Waals surface area (Å²) in [6, 6.07) is 12.7. The standard InChI is InChI=1S/C23H23FN2O4S2/c24-20-8-11-21(12-9-20)31(27,28)23(19-6-3-13-25-15-19)16-26-32(29,30)22-10-7-17-4-1-2-5-18(17)14-22/h3,6-15,23,26H,1-2,4-5,16H2. The first-order valence-electron chi connectivity index (χ1n) is 10.3. The van der Waals surface area contributed by atoms with Crippen LogP contribution in [0.5, 0.6) is 0 Å². The maximum atomic E-state index is 13.3. The minimum atomic E-state index is -4.02. The SMILES string of the molecule is O=S(=O)(NCC(c1cccnc1)S(=O)(=O)c1ccc(F)cc1)c1ccc2c(c1)CCCC2. The Morgan fingerprint density at radius 1 is 0.906 bits per heavy atom. The quantitative estimate of drug-likeness (QED) is 0.528. The fourth-order valence-electron chi connectivity index (χ4n) is 3.91. The summed E-state index contributed by atoms with van der Waals surface area (Å²) in [4.78, 5) is 3.99. The topological polar surface area (TPSA) is 93.2 Å². The van der Waals surface area contributed by atoms with Crippen molar-refractivity contribution in [3.8, 4) is 0 Å². The molecule has 0 amide bonds. The third-order valence-corrected chi connectivity index (χ3v) is 9.20. The van der Waals surface area contributed by atoms with Crippen LogP contribution < -0.4 is 4.72 Å². The van der Waals surface area contributed by atoms with Gasteiger partial charge in [0, 0.05) is 18.9 Å². The Hall–Kier alpha value is -2.62. The lowest BCUT2D eigenvalue weighted by molar-refractivity contribution is 0.568. The number of pyridine rings is 1. The predicted molar refractivity (Wildman–Crippen MR) is 119 cm³/mol. The number of nitrogens with one attached hydrogen (secondary N) is 1. The number of benzene rings is 2. The lowest BCUT2D eigenvalue weighted by Crippen LogP contribution is -2.32. The molecule has 4 rings (SSSR count). The number of rotatable bonds is 7. The monoisotopic (exact) mass is 474 g/mol. The highest BCUT2D eigenvalue weighted by Gasteiger charge is 2.31. The van der Waals surface area contributed by atoms with Gasteiger partial charge < -0.3 is 0 Å². The number of aromatic nitrogens is 1. The van der Waals surface area contributed by atoms with Gasteiger partial charge in [-0.05, 0) is 84.8 Å². The maximum Gasteiger partial charge on any atom is 0.240 e. The molecule has 1 atom stereocenters. The molecule has 0 spiro atoms. The summed E-state index contributed by atoms with van der Waals surface area (Å²) in [7, 11) is -7.96. The van der Waals surface area contributed by atoms with Gasteiger partial charge in [0.05, 0.1) is 9.79 Å². The summed E-state index contributed by atoms with van der Waals surface area (Å²) in [6.07, 6.45) is 6.76. The summed E-state index contributed by atoms with van der Waals surface area (Å²) in [6.45, 7) is -0.384. The van der Waals surface area contributed by atoms with Crippen LogP contribution in [0.2, 0.25) is 0 Å². The van der Waals surface area contributed by atoms with E-state index in [4.69, 9.17) is 0 Å². The van der Waals surface area contributed by atoms with E-state index in [1.807, 2.05) is 6.07 Å². The first-order valence-corrected chi connectivity index (χ1v) is 13.3. The molecule has 1 unspecified atom stereocenters. The van der Waals surface area contributed by atoms with Crippen LogP contribution in [-0.2, 0) is 32.7 Å². The highest BCUT2D eigenvalue weighted by Crippen LogP contribution is 2.29. The number of hydrogen-bond donors (Lipinski definition) is 1. The first-order chi connectivity index (χ1) is 15.3. The number of hydrogen-bond acceptors (Lipinski definition) is 5. The molecule has 1 heterocycles. The van der Waals surface area contributed by atoms with Crippen molar-refractivity contribution in [1.29, 1.82) is 0 Å². The summed E-state index contributed by atoms with van der Waals surface area (Å²) in [5.74, 6) is -0.560. The molecule has 168 valence electrons. The predicted octanol–water partition coefficient (Wildman–Crippen LogP) is 3.59. The van der Waals surface area contributed by atoms with Crippen LogP contribution >= 0.6 is 0 Å². The van der Waals surface area contributed by atoms with E-state index in [9.17, 15) is 21.2 Å². The average Bonchev–Trinajstić information content (AvgIpc) is 2.79. The van der Waals surface area contributed by atoms with E-state index in [1.165, 1.54) is 24.5 Å². The van der Waals surface area contributed by atoms with Crippen LogP contribution in [0, 0.1) is 5.82 Å². The van der Waals surface area contributed by atoms with Crippen LogP contribution in [0.3, 0.4) is 0 Å². The summed E-state index contributed by atoms with van der Waals surface area (Å²) < 4.78 is 68.4. The van der Waals surface area contributed by atoms with Gasteiger partial charge in [0.15, 0.2) is 9.84 Å². The fourth-order valence-corrected chi connectivity index (χ4v) is 6.75. The van der Waals surface area contributed by atoms with Gasteiger partial charge in [-0.1, -0.05) is 12.1 Å². The lowest BCUT2D eigenvalue weighted by atomic mass is 9.92. The third kappa shape index (κ3) is 4.74. The second-order valence-electron chi connectivity index (χ2n) is 7.76. The van der Waals surface area contributed by atoms with Gasteiger partial charge >= 0.3 is 0 Å². The molecule has 3 aromatic rings. The molecule has 32 heavy (non-hydrogen) atoms. The highest BCUT2D eigenvalue weighted by molar-refractivity contribution is 7.92. The number of aryl methyl sites for hydroxylation is 2. The van der Waals surface area contributed by atoms with Gasteiger partial charge in [0.25, 0.3) is 0 Å². The molecule has 1 aromatic heterocycles. The Bertz CT molecular complexity index is 1310. The Morgan fingerprint density at radius 2 is 1.59 bits per heavy atom. The molecule has 0 aliphatic heterocycles. The number of sulfonamides is 1. The molecule has 2 aromatic carbocycles. The van der Waals surface area contributed by atoms with Gasteiger partial charge in [0.1, 0.15) is 11.1 Å². The van der Waals surface area contributed by atoms with E-state index < -0.39 is 30.9 Å². The van der Waals surface area contributed by atoms with E-state index in [0.717, 1.165) is 48.9 Å². The molecule has 1 N–H and O–H groups in total. The summed E-state index contributed by atoms with van der Waals surface area (Å²) in [5.41, 5.74) is 2.51. The van der Waals surface area contributed by atoms with Crippen molar-refractivity contribution in [3.63, 3.8) is 0 Å². The Labute approximate surface area is 187 Å². The molecular formula is C23H23FN2O4S2. The first kappa shape index (κ1) is 22.6. The Morgan fingerprint density at radius 3 is 2.28 bits per heavy atom. The van der Waals surface area contributed by atoms with E-state index in [2.05, 4.69) is 9.71 Å². The number of fused-ring (bicyclic) bond motifs is 1. The zero-order valence-electron chi connectivity index (χ0n) is 17.2. The van der Waals surface area contributed by atoms with E-state index in [0.29, 0.717) is 5.56 Å². The lowest BCUT2D eigenvalue weighted by Gasteiger charge is -2.20. The Kier molecular flexibility index (Phi) is 6.41. The molecule has 0 saturated heterocycles. The molecule has 0 radical (unpaired) electrons. The van der Waals surface area contributed by atoms with Gasteiger partial charge in [-0.25, -0.2) is 25.9 Å². The molecule has 1 aliphatic rings. The average molecular weight is 475 g/mol. The second kappa shape index (κ2) is 9.09. The van der Waals surface area contributed by atoms with Crippen molar-refractivity contribution >= 4 is 19.9 Å². The van der Waals surface area contributed by atoms with Gasteiger partial charge in [-0.2, -0.15) is 0 Å². The summed E-state index contributed by atoms with van der Waals surface area (Å²) in [5, 5.41) is -1.23. The highest BCUT2D eigenvalue weighted by atomic mass is 32.2. The smallest absolute Gasteiger partial charge is 0.240 e. The van der Waals surface area contributed by atoms with E-state index in [-0.39, 0.29) is 16.3 Å². The number of halogens is 1. The van der Waals surface area contributed by atoms with Crippen LogP contribution in [0.25, 0.3) is 0 Å². The van der Waals surface area contributed by atoms with Gasteiger partial charge in [-0.15, -0.1) is 0 Å². The van der Waals surface area contributed by atoms with E-state index in [1.54, 1.807) is 24.3 Å². The van der Waals surface area contributed by atoms with Crippen molar-refractivity contribution in [3.05, 3.63) is 89.5 Å². The number of nitrogens with zero attached hydrogens (tertiary/aromatic N) is 1. The molecular weight excluding hydrogens is 451 g/mol. The minimum Gasteiger partial charge on any atom is -0.264 e.